The van der Waals surface area contributed by atoms with Gasteiger partial charge >= 0.3 is 0 Å². The molecule has 1 aliphatic rings. The van der Waals surface area contributed by atoms with Crippen molar-refractivity contribution in [2.24, 2.45) is 17.6 Å². The van der Waals surface area contributed by atoms with E-state index >= 15 is 0 Å². The lowest BCUT2D eigenvalue weighted by atomic mass is 9.70. The van der Waals surface area contributed by atoms with Gasteiger partial charge in [0.2, 0.25) is 0 Å². The van der Waals surface area contributed by atoms with Crippen molar-refractivity contribution in [2.45, 2.75) is 90.3 Å². The third-order valence-electron chi connectivity index (χ3n) is 6.64. The first kappa shape index (κ1) is 21.4. The Morgan fingerprint density at radius 1 is 0.826 bits per heavy atom. The maximum absolute atomic E-state index is 6.41. The van der Waals surface area contributed by atoms with Crippen LogP contribution in [0, 0.1) is 11.8 Å². The average molecular weight is 360 g/mol. The largest absolute Gasteiger partial charge is 0.417 e. The Morgan fingerprint density at radius 2 is 1.22 bits per heavy atom. The molecule has 0 aromatic rings. The monoisotopic (exact) mass is 359 g/mol. The van der Waals surface area contributed by atoms with Crippen LogP contribution in [0.25, 0.3) is 0 Å². The van der Waals surface area contributed by atoms with Crippen molar-refractivity contribution >= 4 is 16.6 Å². The molecule has 138 valence electrons. The summed E-state index contributed by atoms with van der Waals surface area (Å²) in [5, 5.41) is 0.528. The molecule has 2 unspecified atom stereocenters. The Labute approximate surface area is 147 Å². The normalized spacial score (nSPS) is 27.0. The van der Waals surface area contributed by atoms with E-state index in [1.165, 1.54) is 0 Å². The van der Waals surface area contributed by atoms with E-state index in [0.717, 1.165) is 19.6 Å². The second kappa shape index (κ2) is 6.91. The molecule has 0 heterocycles. The molecule has 0 saturated heterocycles. The molecule has 1 fully saturated rings. The molecule has 23 heavy (non-hydrogen) atoms. The minimum Gasteiger partial charge on any atom is -0.417 e. The van der Waals surface area contributed by atoms with Gasteiger partial charge in [-0.1, -0.05) is 41.5 Å². The fourth-order valence-electron chi connectivity index (χ4n) is 2.36. The second-order valence-electron chi connectivity index (χ2n) is 10.5. The lowest BCUT2D eigenvalue weighted by Gasteiger charge is -2.47. The van der Waals surface area contributed by atoms with Gasteiger partial charge in [0.1, 0.15) is 0 Å². The second-order valence-corrected chi connectivity index (χ2v) is 20.1. The van der Waals surface area contributed by atoms with Crippen molar-refractivity contribution in [1.29, 1.82) is 0 Å². The van der Waals surface area contributed by atoms with Crippen LogP contribution in [0.15, 0.2) is 0 Å². The quantitative estimate of drug-likeness (QED) is 0.679. The highest BCUT2D eigenvalue weighted by Gasteiger charge is 2.44. The molecule has 0 aliphatic heterocycles. The summed E-state index contributed by atoms with van der Waals surface area (Å²) in [5.74, 6) is 1.04. The predicted octanol–water partition coefficient (Wildman–Crippen LogP) is 4.99. The summed E-state index contributed by atoms with van der Waals surface area (Å²) in [6.45, 7) is 24.7. The molecule has 0 bridgehead atoms. The van der Waals surface area contributed by atoms with Gasteiger partial charge < -0.3 is 14.6 Å². The fourth-order valence-corrected chi connectivity index (χ4v) is 4.46. The van der Waals surface area contributed by atoms with Crippen LogP contribution in [0.2, 0.25) is 36.3 Å². The zero-order valence-electron chi connectivity index (χ0n) is 17.2. The molecular weight excluding hydrogens is 318 g/mol. The maximum Gasteiger partial charge on any atom is 0.191 e. The van der Waals surface area contributed by atoms with E-state index in [9.17, 15) is 0 Å². The van der Waals surface area contributed by atoms with Crippen molar-refractivity contribution < 1.29 is 8.85 Å². The van der Waals surface area contributed by atoms with Crippen molar-refractivity contribution in [3.05, 3.63) is 0 Å². The Hall–Kier alpha value is 0.314. The molecular formula is C18H41NO2Si2. The van der Waals surface area contributed by atoms with Crippen LogP contribution in [0.3, 0.4) is 0 Å². The number of rotatable bonds is 6. The number of nitrogens with two attached hydrogens (primary N) is 1. The number of hydrogen-bond donors (Lipinski definition) is 1. The van der Waals surface area contributed by atoms with Crippen molar-refractivity contribution in [3.63, 3.8) is 0 Å². The average Bonchev–Trinajstić information content (AvgIpc) is 2.31. The smallest absolute Gasteiger partial charge is 0.191 e. The standard InChI is InChI=1S/C18H41NO2Si2/c1-17(2,3)22(7,8)20-12-14-11-16(19)15(14)13-21-23(9,10)18(4,5)6/h14-16H,11-13,19H2,1-10H3/t14?,15?,16-/m0/s1. The van der Waals surface area contributed by atoms with Crippen LogP contribution in [0.5, 0.6) is 0 Å². The molecule has 0 amide bonds. The summed E-state index contributed by atoms with van der Waals surface area (Å²) in [4.78, 5) is 0. The summed E-state index contributed by atoms with van der Waals surface area (Å²) in [6.07, 6.45) is 1.08. The predicted molar refractivity (Wildman–Crippen MR) is 106 cm³/mol. The minimum absolute atomic E-state index is 0.258. The summed E-state index contributed by atoms with van der Waals surface area (Å²) in [7, 11) is -3.35. The first-order valence-electron chi connectivity index (χ1n) is 9.12. The molecule has 1 rings (SSSR count). The Morgan fingerprint density at radius 3 is 1.57 bits per heavy atom. The van der Waals surface area contributed by atoms with Crippen LogP contribution in [-0.2, 0) is 8.85 Å². The van der Waals surface area contributed by atoms with Gasteiger partial charge in [-0.05, 0) is 48.6 Å². The summed E-state index contributed by atoms with van der Waals surface area (Å²) >= 11 is 0. The molecule has 3 atom stereocenters. The van der Waals surface area contributed by atoms with Gasteiger partial charge in [-0.3, -0.25) is 0 Å². The van der Waals surface area contributed by atoms with Crippen LogP contribution >= 0.6 is 0 Å². The lowest BCUT2D eigenvalue weighted by molar-refractivity contribution is 0.0323. The van der Waals surface area contributed by atoms with Crippen LogP contribution in [0.4, 0.5) is 0 Å². The third-order valence-corrected chi connectivity index (χ3v) is 15.6. The zero-order valence-corrected chi connectivity index (χ0v) is 19.2. The van der Waals surface area contributed by atoms with E-state index in [2.05, 4.69) is 67.7 Å². The van der Waals surface area contributed by atoms with Gasteiger partial charge in [0, 0.05) is 25.2 Å². The van der Waals surface area contributed by atoms with E-state index in [-0.39, 0.29) is 16.1 Å². The first-order chi connectivity index (χ1) is 10.1. The molecule has 3 nitrogen and oxygen atoms in total. The lowest BCUT2D eigenvalue weighted by Crippen LogP contribution is -2.55. The highest BCUT2D eigenvalue weighted by molar-refractivity contribution is 6.74. The summed E-state index contributed by atoms with van der Waals surface area (Å²) in [5.41, 5.74) is 6.27. The molecule has 2 N–H and O–H groups in total. The van der Waals surface area contributed by atoms with Crippen molar-refractivity contribution in [2.75, 3.05) is 13.2 Å². The molecule has 0 aromatic heterocycles. The fraction of sp³-hybridized carbons (Fsp3) is 1.00. The van der Waals surface area contributed by atoms with Crippen LogP contribution in [-0.4, -0.2) is 35.9 Å². The Balaban J connectivity index is 2.55. The van der Waals surface area contributed by atoms with Crippen molar-refractivity contribution in [3.8, 4) is 0 Å². The third kappa shape index (κ3) is 5.14. The van der Waals surface area contributed by atoms with Crippen LogP contribution < -0.4 is 5.73 Å². The van der Waals surface area contributed by atoms with Gasteiger partial charge in [0.15, 0.2) is 16.6 Å². The van der Waals surface area contributed by atoms with Crippen molar-refractivity contribution in [1.82, 2.24) is 0 Å². The van der Waals surface area contributed by atoms with E-state index < -0.39 is 16.6 Å². The van der Waals surface area contributed by atoms with Gasteiger partial charge in [-0.2, -0.15) is 0 Å². The van der Waals surface area contributed by atoms with E-state index in [0.29, 0.717) is 11.8 Å². The van der Waals surface area contributed by atoms with Gasteiger partial charge in [-0.15, -0.1) is 0 Å². The molecule has 5 heteroatoms. The topological polar surface area (TPSA) is 44.5 Å². The van der Waals surface area contributed by atoms with Gasteiger partial charge in [0.05, 0.1) is 0 Å². The van der Waals surface area contributed by atoms with Crippen LogP contribution in [0.1, 0.15) is 48.0 Å². The molecule has 0 aromatic carbocycles. The molecule has 0 radical (unpaired) electrons. The highest BCUT2D eigenvalue weighted by Crippen LogP contribution is 2.41. The maximum atomic E-state index is 6.41. The SMILES string of the molecule is CC(C)(C)[Si](C)(C)OCC1C[C@H](N)C1CO[Si](C)(C)C(C)(C)C. The molecule has 0 spiro atoms. The van der Waals surface area contributed by atoms with Gasteiger partial charge in [-0.25, -0.2) is 0 Å². The minimum atomic E-state index is -1.69. The Bertz CT molecular complexity index is 397. The van der Waals surface area contributed by atoms with E-state index in [1.54, 1.807) is 0 Å². The summed E-state index contributed by atoms with van der Waals surface area (Å²) < 4.78 is 12.8. The van der Waals surface area contributed by atoms with E-state index in [1.807, 2.05) is 0 Å². The van der Waals surface area contributed by atoms with Gasteiger partial charge in [0.25, 0.3) is 0 Å². The molecule has 1 aliphatic carbocycles. The Kier molecular flexibility index (Phi) is 6.41. The molecule has 1 saturated carbocycles. The van der Waals surface area contributed by atoms with E-state index in [4.69, 9.17) is 14.6 Å². The summed E-state index contributed by atoms with van der Waals surface area (Å²) in [6, 6.07) is 0.285. The number of hydrogen-bond acceptors (Lipinski definition) is 3. The first-order valence-corrected chi connectivity index (χ1v) is 14.9. The zero-order chi connectivity index (χ0) is 18.3. The highest BCUT2D eigenvalue weighted by atomic mass is 28.4.